The normalized spacial score (nSPS) is 11.2. The number of rotatable bonds is 7. The van der Waals surface area contributed by atoms with Crippen LogP contribution in [0, 0.1) is 0 Å². The average Bonchev–Trinajstić information content (AvgIpc) is 2.13. The van der Waals surface area contributed by atoms with Crippen LogP contribution in [0.2, 0.25) is 6.82 Å². The highest BCUT2D eigenvalue weighted by Crippen LogP contribution is 1.89. The van der Waals surface area contributed by atoms with E-state index in [-0.39, 0.29) is 0 Å². The monoisotopic (exact) mass is 169 g/mol. The van der Waals surface area contributed by atoms with Crippen LogP contribution < -0.4 is 0 Å². The van der Waals surface area contributed by atoms with Gasteiger partial charge in [0, 0.05) is 6.54 Å². The van der Waals surface area contributed by atoms with Crippen molar-refractivity contribution < 1.29 is 0 Å². The van der Waals surface area contributed by atoms with Gasteiger partial charge in [-0.05, 0) is 26.2 Å². The molecule has 1 radical (unpaired) electrons. The summed E-state index contributed by atoms with van der Waals surface area (Å²) in [5.74, 6) is 0. The lowest BCUT2D eigenvalue weighted by Crippen LogP contribution is -2.36. The van der Waals surface area contributed by atoms with Gasteiger partial charge < -0.3 is 9.71 Å². The third kappa shape index (κ3) is 4.78. The largest absolute Gasteiger partial charge is 0.346 e. The molecule has 71 valence electrons. The first kappa shape index (κ1) is 12.0. The summed E-state index contributed by atoms with van der Waals surface area (Å²) in [7, 11) is 2.17. The molecule has 0 aromatic rings. The SMILES string of the molecule is C[B]N(CC)CCN(CC)CC. The summed E-state index contributed by atoms with van der Waals surface area (Å²) in [5, 5.41) is 0. The fraction of sp³-hybridized carbons (Fsp3) is 1.00. The standard InChI is InChI=1S/C9H22BN2/c1-5-11(6-2)8-9-12(7-3)10-4/h5-9H2,1-4H3. The van der Waals surface area contributed by atoms with Gasteiger partial charge in [-0.2, -0.15) is 0 Å². The van der Waals surface area contributed by atoms with Gasteiger partial charge in [0.1, 0.15) is 0 Å². The lowest BCUT2D eigenvalue weighted by Gasteiger charge is -2.23. The van der Waals surface area contributed by atoms with Crippen LogP contribution in [0.4, 0.5) is 0 Å². The van der Waals surface area contributed by atoms with Gasteiger partial charge in [0.05, 0.1) is 0 Å². The lowest BCUT2D eigenvalue weighted by molar-refractivity contribution is 0.276. The van der Waals surface area contributed by atoms with Gasteiger partial charge >= 0.3 is 0 Å². The summed E-state index contributed by atoms with van der Waals surface area (Å²) in [5.41, 5.74) is 0. The van der Waals surface area contributed by atoms with Crippen molar-refractivity contribution in [3.05, 3.63) is 0 Å². The van der Waals surface area contributed by atoms with E-state index in [1.165, 1.54) is 6.54 Å². The van der Waals surface area contributed by atoms with Gasteiger partial charge in [0.15, 0.2) is 0 Å². The minimum Gasteiger partial charge on any atom is -0.346 e. The zero-order chi connectivity index (χ0) is 9.40. The fourth-order valence-electron chi connectivity index (χ4n) is 1.28. The second kappa shape index (κ2) is 7.62. The quantitative estimate of drug-likeness (QED) is 0.530. The summed E-state index contributed by atoms with van der Waals surface area (Å²) in [6.07, 6.45) is 0. The molecule has 0 atom stereocenters. The highest BCUT2D eigenvalue weighted by molar-refractivity contribution is 6.29. The molecule has 0 amide bonds. The van der Waals surface area contributed by atoms with Gasteiger partial charge in [-0.3, -0.25) is 0 Å². The van der Waals surface area contributed by atoms with E-state index in [9.17, 15) is 0 Å². The Morgan fingerprint density at radius 2 is 1.50 bits per heavy atom. The molecule has 0 bridgehead atoms. The van der Waals surface area contributed by atoms with Crippen molar-refractivity contribution in [1.29, 1.82) is 0 Å². The van der Waals surface area contributed by atoms with E-state index >= 15 is 0 Å². The number of hydrogen-bond acceptors (Lipinski definition) is 2. The van der Waals surface area contributed by atoms with Crippen LogP contribution in [0.15, 0.2) is 0 Å². The molecule has 2 nitrogen and oxygen atoms in total. The van der Waals surface area contributed by atoms with E-state index in [2.05, 4.69) is 44.7 Å². The Balaban J connectivity index is 3.49. The molecule has 0 aromatic carbocycles. The first-order chi connectivity index (χ1) is 5.78. The van der Waals surface area contributed by atoms with E-state index in [4.69, 9.17) is 0 Å². The summed E-state index contributed by atoms with van der Waals surface area (Å²) >= 11 is 0. The zero-order valence-corrected chi connectivity index (χ0v) is 9.01. The van der Waals surface area contributed by atoms with E-state index in [1.807, 2.05) is 0 Å². The topological polar surface area (TPSA) is 6.48 Å². The van der Waals surface area contributed by atoms with Crippen LogP contribution >= 0.6 is 0 Å². The number of nitrogens with zero attached hydrogens (tertiary/aromatic N) is 2. The van der Waals surface area contributed by atoms with Crippen LogP contribution in [0.5, 0.6) is 0 Å². The predicted octanol–water partition coefficient (Wildman–Crippen LogP) is 1.32. The van der Waals surface area contributed by atoms with Crippen LogP contribution in [-0.4, -0.2) is 49.8 Å². The van der Waals surface area contributed by atoms with E-state index < -0.39 is 0 Å². The molecule has 0 heterocycles. The third-order valence-electron chi connectivity index (χ3n) is 2.37. The van der Waals surface area contributed by atoms with Crippen molar-refractivity contribution >= 4 is 7.41 Å². The molecule has 0 aliphatic carbocycles. The van der Waals surface area contributed by atoms with Crippen molar-refractivity contribution in [3.63, 3.8) is 0 Å². The molecular formula is C9H22BN2. The molecular weight excluding hydrogens is 147 g/mol. The number of likely N-dealkylation sites (N-methyl/N-ethyl adjacent to an activating group) is 2. The van der Waals surface area contributed by atoms with Crippen molar-refractivity contribution in [2.45, 2.75) is 27.6 Å². The average molecular weight is 169 g/mol. The molecule has 0 aromatic heterocycles. The maximum atomic E-state index is 2.45. The summed E-state index contributed by atoms with van der Waals surface area (Å²) in [6.45, 7) is 14.5. The first-order valence-corrected chi connectivity index (χ1v) is 5.04. The van der Waals surface area contributed by atoms with Crippen molar-refractivity contribution in [3.8, 4) is 0 Å². The summed E-state index contributed by atoms with van der Waals surface area (Å²) in [6, 6.07) is 0. The summed E-state index contributed by atoms with van der Waals surface area (Å²) < 4.78 is 0. The summed E-state index contributed by atoms with van der Waals surface area (Å²) in [4.78, 5) is 4.80. The Morgan fingerprint density at radius 1 is 0.917 bits per heavy atom. The zero-order valence-electron chi connectivity index (χ0n) is 9.01. The van der Waals surface area contributed by atoms with Crippen molar-refractivity contribution in [2.24, 2.45) is 0 Å². The molecule has 0 spiro atoms. The molecule has 3 heteroatoms. The van der Waals surface area contributed by atoms with Crippen LogP contribution in [0.3, 0.4) is 0 Å². The molecule has 0 aliphatic rings. The van der Waals surface area contributed by atoms with Gasteiger partial charge in [-0.25, -0.2) is 0 Å². The second-order valence-electron chi connectivity index (χ2n) is 2.91. The Kier molecular flexibility index (Phi) is 7.62. The fourth-order valence-corrected chi connectivity index (χ4v) is 1.28. The molecule has 0 N–H and O–H groups in total. The lowest BCUT2D eigenvalue weighted by atomic mass is 9.96. The maximum Gasteiger partial charge on any atom is 0.205 e. The third-order valence-corrected chi connectivity index (χ3v) is 2.37. The molecule has 12 heavy (non-hydrogen) atoms. The smallest absolute Gasteiger partial charge is 0.205 e. The second-order valence-corrected chi connectivity index (χ2v) is 2.91. The highest BCUT2D eigenvalue weighted by Gasteiger charge is 2.02. The minimum absolute atomic E-state index is 1.12. The van der Waals surface area contributed by atoms with Gasteiger partial charge in [0.25, 0.3) is 0 Å². The van der Waals surface area contributed by atoms with Crippen LogP contribution in [-0.2, 0) is 0 Å². The minimum atomic E-state index is 1.12. The van der Waals surface area contributed by atoms with E-state index in [0.29, 0.717) is 0 Å². The Morgan fingerprint density at radius 3 is 1.83 bits per heavy atom. The van der Waals surface area contributed by atoms with Crippen molar-refractivity contribution in [1.82, 2.24) is 9.71 Å². The molecule has 0 unspecified atom stereocenters. The molecule has 0 saturated heterocycles. The Bertz CT molecular complexity index is 78.5. The molecule has 0 aliphatic heterocycles. The highest BCUT2D eigenvalue weighted by atomic mass is 15.1. The molecule has 0 fully saturated rings. The van der Waals surface area contributed by atoms with Gasteiger partial charge in [0.2, 0.25) is 7.41 Å². The van der Waals surface area contributed by atoms with Gasteiger partial charge in [-0.1, -0.05) is 27.6 Å². The molecule has 0 saturated carbocycles. The van der Waals surface area contributed by atoms with Gasteiger partial charge in [-0.15, -0.1) is 0 Å². The van der Waals surface area contributed by atoms with Crippen LogP contribution in [0.1, 0.15) is 20.8 Å². The Hall–Kier alpha value is -0.0151. The first-order valence-electron chi connectivity index (χ1n) is 5.04. The van der Waals surface area contributed by atoms with Crippen LogP contribution in [0.25, 0.3) is 0 Å². The van der Waals surface area contributed by atoms with E-state index in [1.54, 1.807) is 0 Å². The van der Waals surface area contributed by atoms with E-state index in [0.717, 1.165) is 26.2 Å². The maximum absolute atomic E-state index is 2.45. The predicted molar refractivity (Wildman–Crippen MR) is 56.7 cm³/mol. The Labute approximate surface area is 78.2 Å². The molecule has 0 rings (SSSR count). The van der Waals surface area contributed by atoms with Crippen molar-refractivity contribution in [2.75, 3.05) is 32.7 Å². The number of hydrogen-bond donors (Lipinski definition) is 0.